The van der Waals surface area contributed by atoms with Crippen LogP contribution >= 0.6 is 12.4 Å². The molecule has 2 bridgehead atoms. The Labute approximate surface area is 112 Å². The topological polar surface area (TPSA) is 32.3 Å². The van der Waals surface area contributed by atoms with Gasteiger partial charge in [-0.3, -0.25) is 4.79 Å². The number of hydrogen-bond donors (Lipinski definition) is 1. The second-order valence-electron chi connectivity index (χ2n) is 4.86. The van der Waals surface area contributed by atoms with Crippen molar-refractivity contribution in [3.05, 3.63) is 35.1 Å². The lowest BCUT2D eigenvalue weighted by atomic mass is 10.1. The standard InChI is InChI=1S/C13H15FN2O.ClH/c1-8-11(3-2-4-12(8)14)13(17)16-7-9-5-10(16)6-15-9;/h2-4,9-10,15H,5-7H2,1H3;1H. The average Bonchev–Trinajstić information content (AvgIpc) is 2.94. The predicted octanol–water partition coefficient (Wildman–Crippen LogP) is 1.74. The third kappa shape index (κ3) is 1.99. The molecule has 18 heavy (non-hydrogen) atoms. The van der Waals surface area contributed by atoms with E-state index < -0.39 is 0 Å². The summed E-state index contributed by atoms with van der Waals surface area (Å²) in [6.07, 6.45) is 1.03. The lowest BCUT2D eigenvalue weighted by Crippen LogP contribution is -2.46. The fourth-order valence-corrected chi connectivity index (χ4v) is 2.80. The van der Waals surface area contributed by atoms with Crippen LogP contribution in [-0.4, -0.2) is 36.0 Å². The first kappa shape index (κ1) is 13.3. The van der Waals surface area contributed by atoms with Crippen LogP contribution < -0.4 is 5.32 Å². The Hall–Kier alpha value is -1.13. The Balaban J connectivity index is 0.00000120. The zero-order valence-electron chi connectivity index (χ0n) is 10.1. The number of hydrogen-bond acceptors (Lipinski definition) is 2. The van der Waals surface area contributed by atoms with E-state index in [9.17, 15) is 9.18 Å². The van der Waals surface area contributed by atoms with Crippen molar-refractivity contribution in [2.75, 3.05) is 13.1 Å². The monoisotopic (exact) mass is 270 g/mol. The molecule has 3 rings (SSSR count). The molecule has 3 nitrogen and oxygen atoms in total. The van der Waals surface area contributed by atoms with Gasteiger partial charge in [-0.2, -0.15) is 0 Å². The van der Waals surface area contributed by atoms with Crippen LogP contribution in [0.5, 0.6) is 0 Å². The number of likely N-dealkylation sites (tertiary alicyclic amines) is 1. The number of fused-ring (bicyclic) bond motifs is 2. The summed E-state index contributed by atoms with van der Waals surface area (Å²) in [6, 6.07) is 5.42. The van der Waals surface area contributed by atoms with E-state index in [1.807, 2.05) is 4.90 Å². The van der Waals surface area contributed by atoms with E-state index in [0.717, 1.165) is 19.5 Å². The Bertz CT molecular complexity index is 480. The van der Waals surface area contributed by atoms with Gasteiger partial charge in [-0.25, -0.2) is 4.39 Å². The van der Waals surface area contributed by atoms with Crippen molar-refractivity contribution in [2.45, 2.75) is 25.4 Å². The molecule has 2 heterocycles. The van der Waals surface area contributed by atoms with Gasteiger partial charge >= 0.3 is 0 Å². The van der Waals surface area contributed by atoms with E-state index in [4.69, 9.17) is 0 Å². The van der Waals surface area contributed by atoms with Crippen LogP contribution in [0.1, 0.15) is 22.3 Å². The summed E-state index contributed by atoms with van der Waals surface area (Å²) in [7, 11) is 0. The van der Waals surface area contributed by atoms with Crippen LogP contribution in [0, 0.1) is 12.7 Å². The molecule has 0 radical (unpaired) electrons. The molecule has 2 aliphatic rings. The molecular weight excluding hydrogens is 255 g/mol. The summed E-state index contributed by atoms with van der Waals surface area (Å²) >= 11 is 0. The molecule has 2 unspecified atom stereocenters. The fraction of sp³-hybridized carbons (Fsp3) is 0.462. The minimum absolute atomic E-state index is 0. The molecule has 0 saturated carbocycles. The number of nitrogens with one attached hydrogen (secondary N) is 1. The van der Waals surface area contributed by atoms with Crippen LogP contribution in [0.4, 0.5) is 4.39 Å². The van der Waals surface area contributed by atoms with Gasteiger partial charge in [0.1, 0.15) is 5.82 Å². The van der Waals surface area contributed by atoms with Gasteiger partial charge in [0.25, 0.3) is 5.91 Å². The van der Waals surface area contributed by atoms with Crippen LogP contribution in [-0.2, 0) is 0 Å². The maximum absolute atomic E-state index is 13.4. The van der Waals surface area contributed by atoms with Crippen molar-refractivity contribution >= 4 is 18.3 Å². The number of amides is 1. The predicted molar refractivity (Wildman–Crippen MR) is 69.6 cm³/mol. The minimum Gasteiger partial charge on any atom is -0.333 e. The number of piperazine rings is 1. The minimum atomic E-state index is -0.307. The van der Waals surface area contributed by atoms with Gasteiger partial charge in [0.15, 0.2) is 0 Å². The average molecular weight is 271 g/mol. The van der Waals surface area contributed by atoms with Crippen molar-refractivity contribution in [1.29, 1.82) is 0 Å². The molecule has 0 aliphatic carbocycles. The van der Waals surface area contributed by atoms with Crippen LogP contribution in [0.2, 0.25) is 0 Å². The van der Waals surface area contributed by atoms with Gasteiger partial charge in [0.2, 0.25) is 0 Å². The van der Waals surface area contributed by atoms with Crippen molar-refractivity contribution in [3.8, 4) is 0 Å². The second kappa shape index (κ2) is 4.86. The van der Waals surface area contributed by atoms with E-state index >= 15 is 0 Å². The van der Waals surface area contributed by atoms with E-state index in [1.54, 1.807) is 19.1 Å². The zero-order chi connectivity index (χ0) is 12.0. The normalized spacial score (nSPS) is 25.1. The second-order valence-corrected chi connectivity index (χ2v) is 4.86. The molecule has 0 aromatic heterocycles. The van der Waals surface area contributed by atoms with Gasteiger partial charge < -0.3 is 10.2 Å². The molecule has 5 heteroatoms. The highest BCUT2D eigenvalue weighted by Gasteiger charge is 2.40. The zero-order valence-corrected chi connectivity index (χ0v) is 11.0. The number of halogens is 2. The fourth-order valence-electron chi connectivity index (χ4n) is 2.80. The molecule has 2 saturated heterocycles. The van der Waals surface area contributed by atoms with E-state index in [0.29, 0.717) is 17.2 Å². The summed E-state index contributed by atoms with van der Waals surface area (Å²) in [6.45, 7) is 3.28. The number of rotatable bonds is 1. The van der Waals surface area contributed by atoms with Crippen molar-refractivity contribution in [2.24, 2.45) is 0 Å². The highest BCUT2D eigenvalue weighted by atomic mass is 35.5. The summed E-state index contributed by atoms with van der Waals surface area (Å²) in [5.74, 6) is -0.339. The number of carbonyl (C=O) groups excluding carboxylic acids is 1. The first-order chi connectivity index (χ1) is 8.16. The maximum atomic E-state index is 13.4. The van der Waals surface area contributed by atoms with Crippen molar-refractivity contribution in [1.82, 2.24) is 10.2 Å². The maximum Gasteiger partial charge on any atom is 0.254 e. The molecular formula is C13H16ClFN2O. The van der Waals surface area contributed by atoms with Gasteiger partial charge in [0, 0.05) is 30.7 Å². The van der Waals surface area contributed by atoms with Crippen molar-refractivity contribution < 1.29 is 9.18 Å². The number of benzene rings is 1. The largest absolute Gasteiger partial charge is 0.333 e. The quantitative estimate of drug-likeness (QED) is 0.843. The summed E-state index contributed by atoms with van der Waals surface area (Å²) in [5.41, 5.74) is 0.950. The molecule has 98 valence electrons. The Morgan fingerprint density at radius 3 is 2.89 bits per heavy atom. The van der Waals surface area contributed by atoms with Crippen molar-refractivity contribution in [3.63, 3.8) is 0 Å². The number of nitrogens with zero attached hydrogens (tertiary/aromatic N) is 1. The Morgan fingerprint density at radius 1 is 1.50 bits per heavy atom. The Morgan fingerprint density at radius 2 is 2.28 bits per heavy atom. The van der Waals surface area contributed by atoms with Gasteiger partial charge in [0.05, 0.1) is 0 Å². The number of carbonyl (C=O) groups is 1. The van der Waals surface area contributed by atoms with Gasteiger partial charge in [-0.1, -0.05) is 6.07 Å². The van der Waals surface area contributed by atoms with E-state index in [-0.39, 0.29) is 30.2 Å². The van der Waals surface area contributed by atoms with Crippen LogP contribution in [0.3, 0.4) is 0 Å². The highest BCUT2D eigenvalue weighted by Crippen LogP contribution is 2.26. The summed E-state index contributed by atoms with van der Waals surface area (Å²) in [5, 5.41) is 3.35. The first-order valence-corrected chi connectivity index (χ1v) is 5.96. The molecule has 1 amide bonds. The molecule has 2 atom stereocenters. The molecule has 2 aliphatic heterocycles. The Kier molecular flexibility index (Phi) is 3.59. The van der Waals surface area contributed by atoms with E-state index in [1.165, 1.54) is 6.07 Å². The SMILES string of the molecule is Cc1c(F)cccc1C(=O)N1CC2CC1CN2.Cl. The molecule has 1 aromatic rings. The first-order valence-electron chi connectivity index (χ1n) is 5.96. The molecule has 0 spiro atoms. The lowest BCUT2D eigenvalue weighted by Gasteiger charge is -2.28. The molecule has 2 fully saturated rings. The third-order valence-electron chi connectivity index (χ3n) is 3.82. The smallest absolute Gasteiger partial charge is 0.254 e. The summed E-state index contributed by atoms with van der Waals surface area (Å²) < 4.78 is 13.4. The third-order valence-corrected chi connectivity index (χ3v) is 3.82. The van der Waals surface area contributed by atoms with Crippen LogP contribution in [0.15, 0.2) is 18.2 Å². The summed E-state index contributed by atoms with van der Waals surface area (Å²) in [4.78, 5) is 14.2. The van der Waals surface area contributed by atoms with Gasteiger partial charge in [-0.05, 0) is 31.0 Å². The molecule has 1 aromatic carbocycles. The van der Waals surface area contributed by atoms with Gasteiger partial charge in [-0.15, -0.1) is 12.4 Å². The molecule has 1 N–H and O–H groups in total. The highest BCUT2D eigenvalue weighted by molar-refractivity contribution is 5.96. The lowest BCUT2D eigenvalue weighted by molar-refractivity contribution is 0.0714. The van der Waals surface area contributed by atoms with Crippen LogP contribution in [0.25, 0.3) is 0 Å². The van der Waals surface area contributed by atoms with E-state index in [2.05, 4.69) is 5.32 Å².